The zero-order valence-electron chi connectivity index (χ0n) is 21.0. The minimum Gasteiger partial charge on any atom is -0.481 e. The van der Waals surface area contributed by atoms with E-state index in [9.17, 15) is 9.59 Å². The van der Waals surface area contributed by atoms with Crippen molar-refractivity contribution in [3.05, 3.63) is 48.0 Å². The average Bonchev–Trinajstić information content (AvgIpc) is 3.41. The zero-order valence-corrected chi connectivity index (χ0v) is 21.0. The molecule has 190 valence electrons. The van der Waals surface area contributed by atoms with E-state index in [1.165, 1.54) is 38.4 Å². The van der Waals surface area contributed by atoms with Crippen LogP contribution < -0.4 is 4.90 Å². The summed E-state index contributed by atoms with van der Waals surface area (Å²) in [5.41, 5.74) is 1.37. The average molecular weight is 482 g/mol. The number of carboxylic acids is 1. The fourth-order valence-electron chi connectivity index (χ4n) is 5.92. The molecular weight excluding hydrogens is 442 g/mol. The Balaban J connectivity index is 1.37. The SMILES string of the molecule is Cc1ccc(N(C(=O)c2ccco2)C2CCN(CCC3(CCCC(=O)O)CCCCC3)CC2)nc1. The number of hydrogen-bond donors (Lipinski definition) is 1. The minimum absolute atomic E-state index is 0.0817. The van der Waals surface area contributed by atoms with Crippen LogP contribution in [0.5, 0.6) is 0 Å². The van der Waals surface area contributed by atoms with Crippen LogP contribution in [0.1, 0.15) is 86.7 Å². The van der Waals surface area contributed by atoms with Gasteiger partial charge < -0.3 is 14.4 Å². The number of carbonyl (C=O) groups is 2. The van der Waals surface area contributed by atoms with Crippen molar-refractivity contribution in [1.29, 1.82) is 0 Å². The third-order valence-electron chi connectivity index (χ3n) is 7.99. The molecule has 0 aromatic carbocycles. The Labute approximate surface area is 208 Å². The summed E-state index contributed by atoms with van der Waals surface area (Å²) >= 11 is 0. The molecule has 35 heavy (non-hydrogen) atoms. The maximum Gasteiger partial charge on any atom is 0.303 e. The van der Waals surface area contributed by atoms with Gasteiger partial charge in [-0.1, -0.05) is 25.3 Å². The van der Waals surface area contributed by atoms with Gasteiger partial charge in [0, 0.05) is 31.7 Å². The van der Waals surface area contributed by atoms with Gasteiger partial charge in [0.25, 0.3) is 5.91 Å². The molecule has 0 bridgehead atoms. The Bertz CT molecular complexity index is 943. The Morgan fingerprint density at radius 3 is 2.54 bits per heavy atom. The lowest BCUT2D eigenvalue weighted by Gasteiger charge is -2.41. The van der Waals surface area contributed by atoms with E-state index in [1.54, 1.807) is 18.3 Å². The van der Waals surface area contributed by atoms with E-state index >= 15 is 0 Å². The maximum absolute atomic E-state index is 13.3. The number of aliphatic carboxylic acids is 1. The quantitative estimate of drug-likeness (QED) is 0.469. The number of likely N-dealkylation sites (tertiary alicyclic amines) is 1. The number of rotatable bonds is 10. The number of carbonyl (C=O) groups excluding carboxylic acids is 1. The summed E-state index contributed by atoms with van der Waals surface area (Å²) in [6.45, 7) is 4.94. The van der Waals surface area contributed by atoms with E-state index in [0.29, 0.717) is 17.0 Å². The van der Waals surface area contributed by atoms with Crippen LogP contribution in [0.25, 0.3) is 0 Å². The van der Waals surface area contributed by atoms with E-state index in [1.807, 2.05) is 24.0 Å². The van der Waals surface area contributed by atoms with Gasteiger partial charge in [0.15, 0.2) is 5.76 Å². The molecule has 1 N–H and O–H groups in total. The number of aryl methyl sites for hydroxylation is 1. The maximum atomic E-state index is 13.3. The molecule has 7 heteroatoms. The first-order valence-corrected chi connectivity index (χ1v) is 13.2. The van der Waals surface area contributed by atoms with Gasteiger partial charge in [-0.05, 0) is 87.6 Å². The number of nitrogens with zero attached hydrogens (tertiary/aromatic N) is 3. The number of hydrogen-bond acceptors (Lipinski definition) is 5. The topological polar surface area (TPSA) is 86.9 Å². The molecule has 4 rings (SSSR count). The molecular formula is C28H39N3O4. The third-order valence-corrected chi connectivity index (χ3v) is 7.99. The number of piperidine rings is 1. The molecule has 2 aromatic rings. The Hall–Kier alpha value is -2.67. The van der Waals surface area contributed by atoms with Crippen molar-refractivity contribution in [2.75, 3.05) is 24.5 Å². The van der Waals surface area contributed by atoms with E-state index < -0.39 is 5.97 Å². The fraction of sp³-hybridized carbons (Fsp3) is 0.607. The molecule has 1 amide bonds. The number of anilines is 1. The summed E-state index contributed by atoms with van der Waals surface area (Å²) in [5, 5.41) is 9.08. The number of aromatic nitrogens is 1. The summed E-state index contributed by atoms with van der Waals surface area (Å²) < 4.78 is 5.43. The van der Waals surface area contributed by atoms with Gasteiger partial charge in [-0.2, -0.15) is 0 Å². The van der Waals surface area contributed by atoms with Crippen molar-refractivity contribution in [1.82, 2.24) is 9.88 Å². The van der Waals surface area contributed by atoms with Gasteiger partial charge in [0.1, 0.15) is 5.82 Å². The Morgan fingerprint density at radius 1 is 1.14 bits per heavy atom. The van der Waals surface area contributed by atoms with Crippen LogP contribution in [-0.2, 0) is 4.79 Å². The summed E-state index contributed by atoms with van der Waals surface area (Å²) in [6.07, 6.45) is 14.7. The lowest BCUT2D eigenvalue weighted by molar-refractivity contribution is -0.137. The van der Waals surface area contributed by atoms with Gasteiger partial charge in [-0.15, -0.1) is 0 Å². The van der Waals surface area contributed by atoms with Crippen LogP contribution in [0.15, 0.2) is 41.1 Å². The van der Waals surface area contributed by atoms with Gasteiger partial charge in [0.2, 0.25) is 0 Å². The Kier molecular flexibility index (Phi) is 8.60. The molecule has 3 heterocycles. The van der Waals surface area contributed by atoms with Crippen molar-refractivity contribution in [3.63, 3.8) is 0 Å². The molecule has 1 saturated heterocycles. The molecule has 0 unspecified atom stereocenters. The van der Waals surface area contributed by atoms with Crippen molar-refractivity contribution in [3.8, 4) is 0 Å². The van der Waals surface area contributed by atoms with Gasteiger partial charge in [0.05, 0.1) is 6.26 Å². The second kappa shape index (κ2) is 11.8. The summed E-state index contributed by atoms with van der Waals surface area (Å²) in [6, 6.07) is 7.46. The normalized spacial score (nSPS) is 18.9. The van der Waals surface area contributed by atoms with Crippen LogP contribution in [0.2, 0.25) is 0 Å². The molecule has 0 spiro atoms. The summed E-state index contributed by atoms with van der Waals surface area (Å²) in [4.78, 5) is 33.3. The van der Waals surface area contributed by atoms with Gasteiger partial charge in [-0.25, -0.2) is 4.98 Å². The standard InChI is InChI=1S/C28H39N3O4/c1-22-9-10-25(29-21-22)31(27(34)24-7-6-20-35-24)23-11-17-30(18-12-23)19-16-28(13-3-2-4-14-28)15-5-8-26(32)33/h6-7,9-10,20-21,23H,2-5,8,11-19H2,1H3,(H,32,33). The minimum atomic E-state index is -0.685. The molecule has 2 aliphatic rings. The lowest BCUT2D eigenvalue weighted by atomic mass is 9.68. The van der Waals surface area contributed by atoms with Gasteiger partial charge in [-0.3, -0.25) is 14.5 Å². The van der Waals surface area contributed by atoms with Crippen molar-refractivity contribution in [2.24, 2.45) is 5.41 Å². The second-order valence-electron chi connectivity index (χ2n) is 10.5. The smallest absolute Gasteiger partial charge is 0.303 e. The van der Waals surface area contributed by atoms with Crippen LogP contribution >= 0.6 is 0 Å². The Morgan fingerprint density at radius 2 is 1.91 bits per heavy atom. The monoisotopic (exact) mass is 481 g/mol. The number of furan rings is 1. The molecule has 1 aliphatic carbocycles. The van der Waals surface area contributed by atoms with Crippen LogP contribution in [0.3, 0.4) is 0 Å². The predicted molar refractivity (Wildman–Crippen MR) is 136 cm³/mol. The molecule has 1 aliphatic heterocycles. The number of amides is 1. The molecule has 2 aromatic heterocycles. The molecule has 0 radical (unpaired) electrons. The van der Waals surface area contributed by atoms with Crippen LogP contribution in [0, 0.1) is 12.3 Å². The van der Waals surface area contributed by atoms with E-state index in [4.69, 9.17) is 9.52 Å². The van der Waals surface area contributed by atoms with Crippen LogP contribution in [0.4, 0.5) is 5.82 Å². The highest BCUT2D eigenvalue weighted by atomic mass is 16.4. The lowest BCUT2D eigenvalue weighted by Crippen LogP contribution is -2.48. The largest absolute Gasteiger partial charge is 0.481 e. The number of pyridine rings is 1. The second-order valence-corrected chi connectivity index (χ2v) is 10.5. The predicted octanol–water partition coefficient (Wildman–Crippen LogP) is 5.69. The zero-order chi connectivity index (χ0) is 24.7. The molecule has 2 fully saturated rings. The highest BCUT2D eigenvalue weighted by Crippen LogP contribution is 2.43. The van der Waals surface area contributed by atoms with Crippen molar-refractivity contribution >= 4 is 17.7 Å². The van der Waals surface area contributed by atoms with Crippen molar-refractivity contribution in [2.45, 2.75) is 83.6 Å². The fourth-order valence-corrected chi connectivity index (χ4v) is 5.92. The van der Waals surface area contributed by atoms with E-state index in [-0.39, 0.29) is 18.4 Å². The summed E-state index contributed by atoms with van der Waals surface area (Å²) in [5.74, 6) is 0.199. The van der Waals surface area contributed by atoms with Crippen LogP contribution in [-0.4, -0.2) is 52.5 Å². The first-order chi connectivity index (χ1) is 17.0. The van der Waals surface area contributed by atoms with E-state index in [0.717, 1.165) is 57.3 Å². The molecule has 1 saturated carbocycles. The molecule has 7 nitrogen and oxygen atoms in total. The molecule has 0 atom stereocenters. The first kappa shape index (κ1) is 25.4. The third kappa shape index (κ3) is 6.72. The highest BCUT2D eigenvalue weighted by molar-refractivity contribution is 6.04. The highest BCUT2D eigenvalue weighted by Gasteiger charge is 2.34. The van der Waals surface area contributed by atoms with Crippen molar-refractivity contribution < 1.29 is 19.1 Å². The first-order valence-electron chi connectivity index (χ1n) is 13.2. The van der Waals surface area contributed by atoms with Gasteiger partial charge >= 0.3 is 5.97 Å². The number of carboxylic acid groups (broad SMARTS) is 1. The van der Waals surface area contributed by atoms with E-state index in [2.05, 4.69) is 9.88 Å². The summed E-state index contributed by atoms with van der Waals surface area (Å²) in [7, 11) is 0.